The van der Waals surface area contributed by atoms with E-state index in [1.807, 2.05) is 0 Å². The monoisotopic (exact) mass is 127 g/mol. The molecule has 0 aliphatic carbocycles. The van der Waals surface area contributed by atoms with E-state index in [0.717, 1.165) is 0 Å². The second-order valence-corrected chi connectivity index (χ2v) is 1.98. The second-order valence-electron chi connectivity index (χ2n) is 1.98. The van der Waals surface area contributed by atoms with Gasteiger partial charge in [-0.3, -0.25) is 0 Å². The third-order valence-electron chi connectivity index (χ3n) is 1.12. The molecular weight excluding hydrogens is 118 g/mol. The van der Waals surface area contributed by atoms with Gasteiger partial charge in [-0.2, -0.15) is 0 Å². The van der Waals surface area contributed by atoms with Crippen LogP contribution < -0.4 is 0 Å². The van der Waals surface area contributed by atoms with Gasteiger partial charge in [0.1, 0.15) is 12.4 Å². The van der Waals surface area contributed by atoms with Crippen LogP contribution in [0.5, 0.6) is 0 Å². The maximum Gasteiger partial charge on any atom is 0.161 e. The van der Waals surface area contributed by atoms with E-state index >= 15 is 0 Å². The van der Waals surface area contributed by atoms with Gasteiger partial charge in [0.2, 0.25) is 0 Å². The molecule has 0 aromatic carbocycles. The molecule has 0 spiro atoms. The van der Waals surface area contributed by atoms with E-state index in [1.165, 1.54) is 0 Å². The number of aromatic nitrogens is 3. The molecule has 0 amide bonds. The first-order valence-corrected chi connectivity index (χ1v) is 2.74. The fraction of sp³-hybridized carbons (Fsp3) is 0.600. The number of aliphatic hydroxyl groups is 1. The van der Waals surface area contributed by atoms with Gasteiger partial charge in [-0.1, -0.05) is 0 Å². The molecule has 0 aliphatic heterocycles. The highest BCUT2D eigenvalue weighted by molar-refractivity contribution is 4.86. The smallest absolute Gasteiger partial charge is 0.161 e. The summed E-state index contributed by atoms with van der Waals surface area (Å²) in [5.41, 5.74) is 0. The molecule has 9 heavy (non-hydrogen) atoms. The van der Waals surface area contributed by atoms with Crippen LogP contribution in [0.3, 0.4) is 0 Å². The van der Waals surface area contributed by atoms with Gasteiger partial charge in [-0.05, 0) is 6.92 Å². The minimum atomic E-state index is -0.530. The zero-order valence-corrected chi connectivity index (χ0v) is 5.44. The van der Waals surface area contributed by atoms with E-state index in [2.05, 4.69) is 10.2 Å². The Morgan fingerprint density at radius 1 is 1.78 bits per heavy atom. The van der Waals surface area contributed by atoms with Crippen molar-refractivity contribution in [3.05, 3.63) is 12.2 Å². The van der Waals surface area contributed by atoms with Gasteiger partial charge in [-0.15, -0.1) is 10.2 Å². The van der Waals surface area contributed by atoms with Gasteiger partial charge < -0.3 is 9.67 Å². The lowest BCUT2D eigenvalue weighted by molar-refractivity contribution is 0.185. The van der Waals surface area contributed by atoms with Crippen molar-refractivity contribution < 1.29 is 5.11 Å². The minimum Gasteiger partial charge on any atom is -0.385 e. The highest BCUT2D eigenvalue weighted by Crippen LogP contribution is 2.04. The van der Waals surface area contributed by atoms with E-state index in [9.17, 15) is 0 Å². The Hall–Kier alpha value is -0.900. The molecule has 0 fully saturated rings. The summed E-state index contributed by atoms with van der Waals surface area (Å²) in [5, 5.41) is 16.2. The summed E-state index contributed by atoms with van der Waals surface area (Å²) in [6, 6.07) is 0. The van der Waals surface area contributed by atoms with Crippen molar-refractivity contribution in [2.45, 2.75) is 13.0 Å². The Morgan fingerprint density at radius 2 is 2.44 bits per heavy atom. The van der Waals surface area contributed by atoms with Crippen LogP contribution in [0.4, 0.5) is 0 Å². The lowest BCUT2D eigenvalue weighted by Gasteiger charge is -1.99. The molecule has 1 N–H and O–H groups in total. The van der Waals surface area contributed by atoms with Gasteiger partial charge in [0.05, 0.1) is 0 Å². The standard InChI is InChI=1S/C5H9N3O/c1-4(9)5-7-6-3-8(5)2/h3-4,9H,1-2H3. The molecule has 0 saturated carbocycles. The molecule has 0 aliphatic rings. The summed E-state index contributed by atoms with van der Waals surface area (Å²) in [7, 11) is 1.79. The summed E-state index contributed by atoms with van der Waals surface area (Å²) in [6.07, 6.45) is 1.03. The van der Waals surface area contributed by atoms with E-state index in [4.69, 9.17) is 5.11 Å². The van der Waals surface area contributed by atoms with Crippen molar-refractivity contribution in [3.8, 4) is 0 Å². The molecule has 1 unspecified atom stereocenters. The highest BCUT2D eigenvalue weighted by atomic mass is 16.3. The number of hydrogen-bond acceptors (Lipinski definition) is 3. The van der Waals surface area contributed by atoms with Crippen LogP contribution >= 0.6 is 0 Å². The Labute approximate surface area is 53.1 Å². The van der Waals surface area contributed by atoms with Crippen LogP contribution in [-0.4, -0.2) is 19.9 Å². The molecule has 4 nitrogen and oxygen atoms in total. The van der Waals surface area contributed by atoms with Crippen molar-refractivity contribution >= 4 is 0 Å². The topological polar surface area (TPSA) is 50.9 Å². The van der Waals surface area contributed by atoms with E-state index in [1.54, 1.807) is 24.9 Å². The van der Waals surface area contributed by atoms with Gasteiger partial charge in [0.15, 0.2) is 5.82 Å². The molecule has 4 heteroatoms. The van der Waals surface area contributed by atoms with Crippen LogP contribution in [0, 0.1) is 0 Å². The molecular formula is C5H9N3O. The first kappa shape index (κ1) is 6.22. The predicted octanol–water partition coefficient (Wildman–Crippen LogP) is -0.132. The van der Waals surface area contributed by atoms with E-state index in [-0.39, 0.29) is 0 Å². The predicted molar refractivity (Wildman–Crippen MR) is 31.6 cm³/mol. The molecule has 1 aromatic heterocycles. The van der Waals surface area contributed by atoms with Gasteiger partial charge in [0, 0.05) is 7.05 Å². The summed E-state index contributed by atoms with van der Waals surface area (Å²) in [6.45, 7) is 1.66. The van der Waals surface area contributed by atoms with Crippen molar-refractivity contribution in [3.63, 3.8) is 0 Å². The number of rotatable bonds is 1. The van der Waals surface area contributed by atoms with Gasteiger partial charge in [0.25, 0.3) is 0 Å². The first-order valence-electron chi connectivity index (χ1n) is 2.74. The minimum absolute atomic E-state index is 0.530. The van der Waals surface area contributed by atoms with Crippen molar-refractivity contribution in [1.82, 2.24) is 14.8 Å². The van der Waals surface area contributed by atoms with Crippen LogP contribution in [0.2, 0.25) is 0 Å². The molecule has 1 aromatic rings. The SMILES string of the molecule is CC(O)c1nncn1C. The average molecular weight is 127 g/mol. The molecule has 1 heterocycles. The molecule has 1 rings (SSSR count). The zero-order valence-electron chi connectivity index (χ0n) is 5.44. The molecule has 1 atom stereocenters. The maximum atomic E-state index is 8.97. The summed E-state index contributed by atoms with van der Waals surface area (Å²) in [5.74, 6) is 0.593. The van der Waals surface area contributed by atoms with Gasteiger partial charge in [-0.25, -0.2) is 0 Å². The maximum absolute atomic E-state index is 8.97. The highest BCUT2D eigenvalue weighted by Gasteiger charge is 2.05. The third kappa shape index (κ3) is 1.08. The number of aliphatic hydroxyl groups excluding tert-OH is 1. The Kier molecular flexibility index (Phi) is 1.48. The van der Waals surface area contributed by atoms with E-state index < -0.39 is 6.10 Å². The fourth-order valence-electron chi connectivity index (χ4n) is 0.670. The van der Waals surface area contributed by atoms with Gasteiger partial charge >= 0.3 is 0 Å². The number of aryl methyl sites for hydroxylation is 1. The second kappa shape index (κ2) is 2.14. The number of nitrogens with zero attached hydrogens (tertiary/aromatic N) is 3. The number of hydrogen-bond donors (Lipinski definition) is 1. The lowest BCUT2D eigenvalue weighted by atomic mass is 10.4. The quantitative estimate of drug-likeness (QED) is 0.571. The van der Waals surface area contributed by atoms with Crippen LogP contribution in [-0.2, 0) is 7.05 Å². The summed E-state index contributed by atoms with van der Waals surface area (Å²) >= 11 is 0. The Morgan fingerprint density at radius 3 is 2.67 bits per heavy atom. The largest absolute Gasteiger partial charge is 0.385 e. The molecule has 0 bridgehead atoms. The van der Waals surface area contributed by atoms with E-state index in [0.29, 0.717) is 5.82 Å². The van der Waals surface area contributed by atoms with Crippen LogP contribution in [0.25, 0.3) is 0 Å². The van der Waals surface area contributed by atoms with Crippen LogP contribution in [0.15, 0.2) is 6.33 Å². The fourth-order valence-corrected chi connectivity index (χ4v) is 0.670. The Bertz CT molecular complexity index is 194. The molecule has 50 valence electrons. The Balaban J connectivity index is 2.94. The normalized spacial score (nSPS) is 13.7. The van der Waals surface area contributed by atoms with Crippen molar-refractivity contribution in [2.24, 2.45) is 7.05 Å². The molecule has 0 saturated heterocycles. The van der Waals surface area contributed by atoms with Crippen LogP contribution in [0.1, 0.15) is 18.9 Å². The van der Waals surface area contributed by atoms with Crippen molar-refractivity contribution in [1.29, 1.82) is 0 Å². The first-order chi connectivity index (χ1) is 4.22. The lowest BCUT2D eigenvalue weighted by Crippen LogP contribution is -2.00. The summed E-state index contributed by atoms with van der Waals surface area (Å²) in [4.78, 5) is 0. The zero-order chi connectivity index (χ0) is 6.85. The summed E-state index contributed by atoms with van der Waals surface area (Å²) < 4.78 is 1.69. The molecule has 0 radical (unpaired) electrons. The van der Waals surface area contributed by atoms with Crippen molar-refractivity contribution in [2.75, 3.05) is 0 Å². The third-order valence-corrected chi connectivity index (χ3v) is 1.12. The average Bonchev–Trinajstić information content (AvgIpc) is 2.13.